The zero-order valence-corrected chi connectivity index (χ0v) is 11.1. The van der Waals surface area contributed by atoms with Gasteiger partial charge >= 0.3 is 0 Å². The first-order valence-electron chi connectivity index (χ1n) is 6.50. The number of pyridine rings is 1. The molecule has 1 aliphatic rings. The van der Waals surface area contributed by atoms with Crippen LogP contribution in [0.1, 0.15) is 38.2 Å². The standard InChI is InChI=1S/C14H20N4/c1-10-3-5-13(6-4-10)18(2)14-11(8-15)7-12(16)9-17-14/h7,9-10,13H,3-6,16H2,1-2H3. The second kappa shape index (κ2) is 5.26. The molecule has 0 atom stereocenters. The molecule has 0 aliphatic heterocycles. The number of aromatic nitrogens is 1. The average Bonchev–Trinajstić information content (AvgIpc) is 2.38. The van der Waals surface area contributed by atoms with Crippen LogP contribution in [0.2, 0.25) is 0 Å². The van der Waals surface area contributed by atoms with Crippen molar-refractivity contribution in [2.75, 3.05) is 17.7 Å². The van der Waals surface area contributed by atoms with Gasteiger partial charge in [-0.15, -0.1) is 0 Å². The van der Waals surface area contributed by atoms with Crippen molar-refractivity contribution in [3.8, 4) is 6.07 Å². The molecule has 1 aromatic heterocycles. The van der Waals surface area contributed by atoms with Crippen molar-refractivity contribution in [1.82, 2.24) is 4.98 Å². The third-order valence-corrected chi connectivity index (χ3v) is 3.88. The fourth-order valence-electron chi connectivity index (χ4n) is 2.64. The first kappa shape index (κ1) is 12.7. The molecule has 4 nitrogen and oxygen atoms in total. The zero-order chi connectivity index (χ0) is 13.1. The summed E-state index contributed by atoms with van der Waals surface area (Å²) in [7, 11) is 2.03. The van der Waals surface area contributed by atoms with Crippen LogP contribution in [-0.2, 0) is 0 Å². The SMILES string of the molecule is CC1CCC(N(C)c2ncc(N)cc2C#N)CC1. The summed E-state index contributed by atoms with van der Waals surface area (Å²) >= 11 is 0. The average molecular weight is 244 g/mol. The van der Waals surface area contributed by atoms with Crippen molar-refractivity contribution in [3.63, 3.8) is 0 Å². The van der Waals surface area contributed by atoms with Crippen LogP contribution in [0.3, 0.4) is 0 Å². The van der Waals surface area contributed by atoms with Crippen molar-refractivity contribution in [1.29, 1.82) is 5.26 Å². The number of hydrogen-bond donors (Lipinski definition) is 1. The van der Waals surface area contributed by atoms with Crippen LogP contribution in [0, 0.1) is 17.2 Å². The van der Waals surface area contributed by atoms with E-state index in [9.17, 15) is 0 Å². The third kappa shape index (κ3) is 2.56. The summed E-state index contributed by atoms with van der Waals surface area (Å²) in [4.78, 5) is 6.46. The van der Waals surface area contributed by atoms with Gasteiger partial charge in [-0.05, 0) is 37.7 Å². The maximum Gasteiger partial charge on any atom is 0.146 e. The molecule has 1 heterocycles. The van der Waals surface area contributed by atoms with Crippen molar-refractivity contribution in [2.24, 2.45) is 5.92 Å². The largest absolute Gasteiger partial charge is 0.397 e. The van der Waals surface area contributed by atoms with Crippen LogP contribution in [0.4, 0.5) is 11.5 Å². The molecule has 18 heavy (non-hydrogen) atoms. The Kier molecular flexibility index (Phi) is 3.71. The van der Waals surface area contributed by atoms with Crippen molar-refractivity contribution in [3.05, 3.63) is 17.8 Å². The lowest BCUT2D eigenvalue weighted by Gasteiger charge is -2.34. The van der Waals surface area contributed by atoms with Gasteiger partial charge in [0, 0.05) is 13.1 Å². The van der Waals surface area contributed by atoms with Gasteiger partial charge in [0.25, 0.3) is 0 Å². The van der Waals surface area contributed by atoms with Gasteiger partial charge in [-0.25, -0.2) is 4.98 Å². The monoisotopic (exact) mass is 244 g/mol. The van der Waals surface area contributed by atoms with Gasteiger partial charge < -0.3 is 10.6 Å². The van der Waals surface area contributed by atoms with Gasteiger partial charge in [-0.2, -0.15) is 5.26 Å². The maximum atomic E-state index is 9.16. The number of nitriles is 1. The van der Waals surface area contributed by atoms with Gasteiger partial charge in [0.15, 0.2) is 0 Å². The minimum Gasteiger partial charge on any atom is -0.397 e. The summed E-state index contributed by atoms with van der Waals surface area (Å²) < 4.78 is 0. The lowest BCUT2D eigenvalue weighted by atomic mass is 9.86. The van der Waals surface area contributed by atoms with Crippen LogP contribution >= 0.6 is 0 Å². The normalized spacial score (nSPS) is 23.4. The first-order chi connectivity index (χ1) is 8.61. The van der Waals surface area contributed by atoms with Gasteiger partial charge in [0.2, 0.25) is 0 Å². The molecule has 0 aromatic carbocycles. The summed E-state index contributed by atoms with van der Waals surface area (Å²) in [6.45, 7) is 2.30. The van der Waals surface area contributed by atoms with Crippen LogP contribution < -0.4 is 10.6 Å². The number of anilines is 2. The Balaban J connectivity index is 2.18. The van der Waals surface area contributed by atoms with E-state index >= 15 is 0 Å². The predicted molar refractivity (Wildman–Crippen MR) is 73.2 cm³/mol. The highest BCUT2D eigenvalue weighted by atomic mass is 15.2. The molecule has 0 radical (unpaired) electrons. The van der Waals surface area contributed by atoms with Gasteiger partial charge in [0.1, 0.15) is 11.9 Å². The highest BCUT2D eigenvalue weighted by Crippen LogP contribution is 2.30. The number of hydrogen-bond acceptors (Lipinski definition) is 4. The molecule has 1 fully saturated rings. The van der Waals surface area contributed by atoms with E-state index in [1.165, 1.54) is 25.7 Å². The van der Waals surface area contributed by atoms with E-state index < -0.39 is 0 Å². The Morgan fingerprint density at radius 2 is 2.06 bits per heavy atom. The predicted octanol–water partition coefficient (Wildman–Crippen LogP) is 2.55. The molecular formula is C14H20N4. The maximum absolute atomic E-state index is 9.16. The van der Waals surface area contributed by atoms with E-state index in [0.717, 1.165) is 11.7 Å². The van der Waals surface area contributed by atoms with Crippen molar-refractivity contribution >= 4 is 11.5 Å². The van der Waals surface area contributed by atoms with Crippen LogP contribution in [0.5, 0.6) is 0 Å². The number of rotatable bonds is 2. The topological polar surface area (TPSA) is 65.9 Å². The van der Waals surface area contributed by atoms with E-state index in [2.05, 4.69) is 22.9 Å². The van der Waals surface area contributed by atoms with E-state index in [1.54, 1.807) is 12.3 Å². The summed E-state index contributed by atoms with van der Waals surface area (Å²) in [5.41, 5.74) is 6.78. The lowest BCUT2D eigenvalue weighted by molar-refractivity contribution is 0.340. The van der Waals surface area contributed by atoms with Gasteiger partial charge in [-0.3, -0.25) is 0 Å². The Hall–Kier alpha value is -1.76. The van der Waals surface area contributed by atoms with Crippen molar-refractivity contribution in [2.45, 2.75) is 38.6 Å². The van der Waals surface area contributed by atoms with Crippen LogP contribution in [0.25, 0.3) is 0 Å². The Morgan fingerprint density at radius 3 is 2.67 bits per heavy atom. The molecule has 0 amide bonds. The molecule has 1 saturated carbocycles. The van der Waals surface area contributed by atoms with Gasteiger partial charge in [-0.1, -0.05) is 6.92 Å². The van der Waals surface area contributed by atoms with Crippen LogP contribution in [0.15, 0.2) is 12.3 Å². The van der Waals surface area contributed by atoms with E-state index in [1.807, 2.05) is 7.05 Å². The molecule has 2 rings (SSSR count). The lowest BCUT2D eigenvalue weighted by Crippen LogP contribution is -2.35. The molecule has 0 spiro atoms. The molecule has 0 unspecified atom stereocenters. The Labute approximate surface area is 108 Å². The van der Waals surface area contributed by atoms with E-state index in [4.69, 9.17) is 11.0 Å². The zero-order valence-electron chi connectivity index (χ0n) is 11.1. The smallest absolute Gasteiger partial charge is 0.146 e. The second-order valence-electron chi connectivity index (χ2n) is 5.28. The molecule has 0 saturated heterocycles. The van der Waals surface area contributed by atoms with Crippen molar-refractivity contribution < 1.29 is 0 Å². The molecule has 1 aromatic rings. The summed E-state index contributed by atoms with van der Waals surface area (Å²) in [6.07, 6.45) is 6.49. The third-order valence-electron chi connectivity index (χ3n) is 3.88. The minimum absolute atomic E-state index is 0.490. The first-order valence-corrected chi connectivity index (χ1v) is 6.50. The van der Waals surface area contributed by atoms with E-state index in [0.29, 0.717) is 17.3 Å². The van der Waals surface area contributed by atoms with Gasteiger partial charge in [0.05, 0.1) is 17.4 Å². The number of nitrogens with two attached hydrogens (primary N) is 1. The molecule has 96 valence electrons. The number of nitrogen functional groups attached to an aromatic ring is 1. The second-order valence-corrected chi connectivity index (χ2v) is 5.28. The highest BCUT2D eigenvalue weighted by Gasteiger charge is 2.24. The molecule has 0 bridgehead atoms. The van der Waals surface area contributed by atoms with Crippen LogP contribution in [-0.4, -0.2) is 18.1 Å². The molecule has 2 N–H and O–H groups in total. The molecule has 4 heteroatoms. The fourth-order valence-corrected chi connectivity index (χ4v) is 2.64. The summed E-state index contributed by atoms with van der Waals surface area (Å²) in [5, 5.41) is 9.16. The summed E-state index contributed by atoms with van der Waals surface area (Å²) in [5.74, 6) is 1.58. The minimum atomic E-state index is 0.490. The Morgan fingerprint density at radius 1 is 1.39 bits per heavy atom. The quantitative estimate of drug-likeness (QED) is 0.868. The highest BCUT2D eigenvalue weighted by molar-refractivity contribution is 5.58. The Bertz CT molecular complexity index is 455. The fraction of sp³-hybridized carbons (Fsp3) is 0.571. The molecular weight excluding hydrogens is 224 g/mol. The number of nitrogens with zero attached hydrogens (tertiary/aromatic N) is 3. The van der Waals surface area contributed by atoms with E-state index in [-0.39, 0.29) is 0 Å². The molecule has 1 aliphatic carbocycles. The summed E-state index contributed by atoms with van der Waals surface area (Å²) in [6, 6.07) is 4.37.